The maximum absolute atomic E-state index is 12.3. The first-order valence-electron chi connectivity index (χ1n) is 8.27. The number of carbonyl (C=O) groups is 1. The molecule has 0 bridgehead atoms. The zero-order valence-electron chi connectivity index (χ0n) is 14.9. The largest absolute Gasteiger partial charge is 0.491 e. The molecular formula is C18H18ClN3O5S. The lowest BCUT2D eigenvalue weighted by molar-refractivity contribution is -0.383. The molecule has 2 rings (SSSR count). The molecule has 0 aliphatic heterocycles. The van der Waals surface area contributed by atoms with Crippen LogP contribution in [0.5, 0.6) is 5.75 Å². The zero-order valence-corrected chi connectivity index (χ0v) is 16.5. The number of nitrogens with one attached hydrogen (secondary N) is 2. The fourth-order valence-electron chi connectivity index (χ4n) is 2.16. The molecule has 8 nitrogen and oxygen atoms in total. The molecule has 0 spiro atoms. The number of amides is 1. The van der Waals surface area contributed by atoms with Gasteiger partial charge in [-0.1, -0.05) is 11.6 Å². The Balaban J connectivity index is 1.94. The molecule has 0 radical (unpaired) electrons. The third kappa shape index (κ3) is 6.45. The molecule has 0 unspecified atom stereocenters. The van der Waals surface area contributed by atoms with Crippen molar-refractivity contribution in [3.8, 4) is 5.75 Å². The second kappa shape index (κ2) is 10.5. The quantitative estimate of drug-likeness (QED) is 0.288. The summed E-state index contributed by atoms with van der Waals surface area (Å²) >= 11 is 10.8. The van der Waals surface area contributed by atoms with Gasteiger partial charge in [-0.15, -0.1) is 0 Å². The zero-order chi connectivity index (χ0) is 20.5. The first kappa shape index (κ1) is 21.5. The number of benzene rings is 2. The van der Waals surface area contributed by atoms with Crippen LogP contribution in [0.15, 0.2) is 42.5 Å². The summed E-state index contributed by atoms with van der Waals surface area (Å²) in [6.07, 6.45) is 0. The van der Waals surface area contributed by atoms with E-state index in [-0.39, 0.29) is 21.5 Å². The van der Waals surface area contributed by atoms with Crippen LogP contribution < -0.4 is 15.4 Å². The summed E-state index contributed by atoms with van der Waals surface area (Å²) < 4.78 is 10.7. The Morgan fingerprint density at radius 1 is 1.21 bits per heavy atom. The number of nitro benzene ring substituents is 1. The molecule has 0 aliphatic rings. The van der Waals surface area contributed by atoms with Gasteiger partial charge in [0, 0.05) is 23.3 Å². The van der Waals surface area contributed by atoms with Crippen LogP contribution in [0.3, 0.4) is 0 Å². The minimum Gasteiger partial charge on any atom is -0.491 e. The summed E-state index contributed by atoms with van der Waals surface area (Å²) in [6.45, 7) is 3.41. The number of nitrogens with zero attached hydrogens (tertiary/aromatic N) is 1. The van der Waals surface area contributed by atoms with Crippen LogP contribution in [0.25, 0.3) is 0 Å². The lowest BCUT2D eigenvalue weighted by Gasteiger charge is -2.11. The highest BCUT2D eigenvalue weighted by molar-refractivity contribution is 7.80. The number of hydrogen-bond acceptors (Lipinski definition) is 6. The van der Waals surface area contributed by atoms with Crippen molar-refractivity contribution < 1.29 is 19.2 Å². The number of anilines is 1. The van der Waals surface area contributed by atoms with E-state index in [1.54, 1.807) is 24.3 Å². The fourth-order valence-corrected chi connectivity index (χ4v) is 2.52. The van der Waals surface area contributed by atoms with Gasteiger partial charge in [-0.25, -0.2) is 0 Å². The molecule has 0 aliphatic carbocycles. The highest BCUT2D eigenvalue weighted by Crippen LogP contribution is 2.27. The normalized spacial score (nSPS) is 10.2. The van der Waals surface area contributed by atoms with Crippen molar-refractivity contribution >= 4 is 46.2 Å². The molecule has 0 heterocycles. The maximum atomic E-state index is 12.3. The van der Waals surface area contributed by atoms with E-state index < -0.39 is 10.8 Å². The molecule has 1 amide bonds. The van der Waals surface area contributed by atoms with Gasteiger partial charge >= 0.3 is 0 Å². The average Bonchev–Trinajstić information content (AvgIpc) is 2.67. The van der Waals surface area contributed by atoms with Crippen molar-refractivity contribution in [3.63, 3.8) is 0 Å². The SMILES string of the molecule is CCOCCOc1ccc(C(=O)NC(=S)Nc2ccc(Cl)cc2[N+](=O)[O-])cc1. The summed E-state index contributed by atoms with van der Waals surface area (Å²) in [7, 11) is 0. The van der Waals surface area contributed by atoms with E-state index in [9.17, 15) is 14.9 Å². The van der Waals surface area contributed by atoms with Gasteiger partial charge in [-0.3, -0.25) is 20.2 Å². The Hall–Kier alpha value is -2.75. The lowest BCUT2D eigenvalue weighted by Crippen LogP contribution is -2.34. The molecule has 0 aromatic heterocycles. The lowest BCUT2D eigenvalue weighted by atomic mass is 10.2. The van der Waals surface area contributed by atoms with Crippen molar-refractivity contribution in [3.05, 3.63) is 63.2 Å². The summed E-state index contributed by atoms with van der Waals surface area (Å²) in [5.41, 5.74) is 0.224. The van der Waals surface area contributed by atoms with Crippen LogP contribution in [0.4, 0.5) is 11.4 Å². The topological polar surface area (TPSA) is 103 Å². The second-order valence-corrected chi connectivity index (χ2v) is 6.24. The van der Waals surface area contributed by atoms with Gasteiger partial charge < -0.3 is 14.8 Å². The fraction of sp³-hybridized carbons (Fsp3) is 0.222. The van der Waals surface area contributed by atoms with Crippen LogP contribution >= 0.6 is 23.8 Å². The summed E-state index contributed by atoms with van der Waals surface area (Å²) in [6, 6.07) is 10.6. The minimum absolute atomic E-state index is 0.0764. The third-order valence-electron chi connectivity index (χ3n) is 3.45. The third-order valence-corrected chi connectivity index (χ3v) is 3.89. The molecule has 0 saturated heterocycles. The smallest absolute Gasteiger partial charge is 0.294 e. The Morgan fingerprint density at radius 3 is 2.57 bits per heavy atom. The predicted octanol–water partition coefficient (Wildman–Crippen LogP) is 3.79. The van der Waals surface area contributed by atoms with Crippen LogP contribution in [0.1, 0.15) is 17.3 Å². The van der Waals surface area contributed by atoms with Gasteiger partial charge in [-0.2, -0.15) is 0 Å². The van der Waals surface area contributed by atoms with E-state index in [0.29, 0.717) is 31.1 Å². The number of thiocarbonyl (C=S) groups is 1. The van der Waals surface area contributed by atoms with Gasteiger partial charge in [0.1, 0.15) is 18.0 Å². The van der Waals surface area contributed by atoms with Crippen LogP contribution in [0, 0.1) is 10.1 Å². The van der Waals surface area contributed by atoms with Crippen molar-refractivity contribution in [1.82, 2.24) is 5.32 Å². The van der Waals surface area contributed by atoms with Gasteiger partial charge in [0.05, 0.1) is 11.5 Å². The molecule has 2 N–H and O–H groups in total. The Morgan fingerprint density at radius 2 is 1.93 bits per heavy atom. The first-order valence-corrected chi connectivity index (χ1v) is 9.06. The van der Waals surface area contributed by atoms with E-state index in [1.165, 1.54) is 18.2 Å². The van der Waals surface area contributed by atoms with Gasteiger partial charge in [0.25, 0.3) is 11.6 Å². The predicted molar refractivity (Wildman–Crippen MR) is 110 cm³/mol. The number of hydrogen-bond donors (Lipinski definition) is 2. The average molecular weight is 424 g/mol. The van der Waals surface area contributed by atoms with E-state index >= 15 is 0 Å². The van der Waals surface area contributed by atoms with E-state index in [2.05, 4.69) is 10.6 Å². The monoisotopic (exact) mass is 423 g/mol. The molecule has 2 aromatic rings. The molecule has 0 saturated carbocycles. The number of nitro groups is 1. The molecule has 28 heavy (non-hydrogen) atoms. The van der Waals surface area contributed by atoms with Gasteiger partial charge in [-0.05, 0) is 55.5 Å². The molecule has 0 atom stereocenters. The maximum Gasteiger partial charge on any atom is 0.294 e. The number of halogens is 1. The van der Waals surface area contributed by atoms with Crippen molar-refractivity contribution in [2.24, 2.45) is 0 Å². The number of carbonyl (C=O) groups excluding carboxylic acids is 1. The van der Waals surface area contributed by atoms with E-state index in [0.717, 1.165) is 0 Å². The molecule has 0 fully saturated rings. The number of rotatable bonds is 8. The number of ether oxygens (including phenoxy) is 2. The summed E-state index contributed by atoms with van der Waals surface area (Å²) in [5, 5.41) is 16.3. The second-order valence-electron chi connectivity index (χ2n) is 5.40. The Kier molecular flexibility index (Phi) is 8.12. The van der Waals surface area contributed by atoms with Gasteiger partial charge in [0.2, 0.25) is 0 Å². The summed E-state index contributed by atoms with van der Waals surface area (Å²) in [5.74, 6) is 0.142. The standard InChI is InChI=1S/C18H18ClN3O5S/c1-2-26-9-10-27-14-6-3-12(4-7-14)17(23)21-18(28)20-15-8-5-13(19)11-16(15)22(24)25/h3-8,11H,2,9-10H2,1H3,(H2,20,21,23,28). The molecule has 10 heteroatoms. The van der Waals surface area contributed by atoms with Crippen LogP contribution in [0.2, 0.25) is 5.02 Å². The first-order chi connectivity index (χ1) is 13.4. The molecule has 2 aromatic carbocycles. The Bertz CT molecular complexity index is 861. The van der Waals surface area contributed by atoms with Gasteiger partial charge in [0.15, 0.2) is 5.11 Å². The van der Waals surface area contributed by atoms with E-state index in [4.69, 9.17) is 33.3 Å². The highest BCUT2D eigenvalue weighted by Gasteiger charge is 2.16. The van der Waals surface area contributed by atoms with Crippen LogP contribution in [-0.2, 0) is 4.74 Å². The summed E-state index contributed by atoms with van der Waals surface area (Å²) in [4.78, 5) is 22.8. The highest BCUT2D eigenvalue weighted by atomic mass is 35.5. The van der Waals surface area contributed by atoms with Crippen molar-refractivity contribution in [2.75, 3.05) is 25.1 Å². The Labute approximate surface area is 171 Å². The molecular weight excluding hydrogens is 406 g/mol. The molecule has 148 valence electrons. The van der Waals surface area contributed by atoms with Crippen LogP contribution in [-0.4, -0.2) is 35.8 Å². The van der Waals surface area contributed by atoms with Crippen molar-refractivity contribution in [2.45, 2.75) is 6.92 Å². The minimum atomic E-state index is -0.594. The van der Waals surface area contributed by atoms with Crippen molar-refractivity contribution in [1.29, 1.82) is 0 Å². The van der Waals surface area contributed by atoms with E-state index in [1.807, 2.05) is 6.92 Å².